The second kappa shape index (κ2) is 5.00. The van der Waals surface area contributed by atoms with Gasteiger partial charge in [-0.25, -0.2) is 4.68 Å². The van der Waals surface area contributed by atoms with Crippen LogP contribution in [0.4, 0.5) is 0 Å². The monoisotopic (exact) mass is 253 g/mol. The average molecular weight is 253 g/mol. The molecule has 17 heavy (non-hydrogen) atoms. The molecule has 0 bridgehead atoms. The van der Waals surface area contributed by atoms with Gasteiger partial charge in [-0.1, -0.05) is 11.8 Å². The van der Waals surface area contributed by atoms with Gasteiger partial charge in [-0.05, 0) is 29.5 Å². The maximum atomic E-state index is 11.0. The van der Waals surface area contributed by atoms with Crippen LogP contribution in [0.25, 0.3) is 0 Å². The van der Waals surface area contributed by atoms with Gasteiger partial charge >= 0.3 is 0 Å². The molecule has 0 aliphatic rings. The lowest BCUT2D eigenvalue weighted by Crippen LogP contribution is -2.23. The average Bonchev–Trinajstić information content (AvgIpc) is 2.91. The summed E-state index contributed by atoms with van der Waals surface area (Å²) in [7, 11) is 0. The Hall–Kier alpha value is -1.83. The highest BCUT2D eigenvalue weighted by molar-refractivity contribution is 8.00. The van der Waals surface area contributed by atoms with E-state index in [2.05, 4.69) is 15.5 Å². The number of amides is 1. The summed E-state index contributed by atoms with van der Waals surface area (Å²) < 4.78 is 6.76. The predicted octanol–water partition coefficient (Wildman–Crippen LogP) is 0.280. The molecule has 0 saturated carbocycles. The minimum Gasteiger partial charge on any atom is -0.467 e. The summed E-state index contributed by atoms with van der Waals surface area (Å²) in [5.41, 5.74) is 5.18. The van der Waals surface area contributed by atoms with Crippen LogP contribution in [0.1, 0.15) is 12.7 Å². The van der Waals surface area contributed by atoms with Crippen LogP contribution in [0, 0.1) is 0 Å². The molecule has 0 spiro atoms. The summed E-state index contributed by atoms with van der Waals surface area (Å²) in [6, 6.07) is 3.62. The Morgan fingerprint density at radius 3 is 3.18 bits per heavy atom. The van der Waals surface area contributed by atoms with E-state index in [-0.39, 0.29) is 5.25 Å². The predicted molar refractivity (Wildman–Crippen MR) is 60.1 cm³/mol. The zero-order valence-corrected chi connectivity index (χ0v) is 9.92. The van der Waals surface area contributed by atoms with Crippen LogP contribution in [-0.2, 0) is 11.3 Å². The van der Waals surface area contributed by atoms with Crippen molar-refractivity contribution >= 4 is 17.7 Å². The maximum absolute atomic E-state index is 11.0. The number of carbonyl (C=O) groups is 1. The van der Waals surface area contributed by atoms with E-state index in [4.69, 9.17) is 10.2 Å². The summed E-state index contributed by atoms with van der Waals surface area (Å²) in [6.07, 6.45) is 1.58. The summed E-state index contributed by atoms with van der Waals surface area (Å²) >= 11 is 1.22. The first-order chi connectivity index (χ1) is 8.16. The van der Waals surface area contributed by atoms with Crippen molar-refractivity contribution in [2.24, 2.45) is 5.73 Å². The first-order valence-electron chi connectivity index (χ1n) is 4.91. The van der Waals surface area contributed by atoms with Gasteiger partial charge in [0.25, 0.3) is 0 Å². The molecule has 2 aromatic heterocycles. The molecule has 2 N–H and O–H groups in total. The number of nitrogens with two attached hydrogens (primary N) is 1. The fourth-order valence-corrected chi connectivity index (χ4v) is 1.89. The highest BCUT2D eigenvalue weighted by Gasteiger charge is 2.16. The molecule has 0 saturated heterocycles. The highest BCUT2D eigenvalue weighted by Crippen LogP contribution is 2.20. The van der Waals surface area contributed by atoms with Crippen LogP contribution < -0.4 is 5.73 Å². The molecule has 0 fully saturated rings. The number of rotatable bonds is 5. The van der Waals surface area contributed by atoms with E-state index in [0.717, 1.165) is 5.76 Å². The van der Waals surface area contributed by atoms with Crippen LogP contribution in [0.3, 0.4) is 0 Å². The van der Waals surface area contributed by atoms with Crippen molar-refractivity contribution in [3.8, 4) is 0 Å². The van der Waals surface area contributed by atoms with Crippen LogP contribution in [0.5, 0.6) is 0 Å². The van der Waals surface area contributed by atoms with Gasteiger partial charge in [-0.2, -0.15) is 0 Å². The van der Waals surface area contributed by atoms with Gasteiger partial charge in [0.15, 0.2) is 0 Å². The minimum absolute atomic E-state index is 0.378. The SMILES string of the molecule is CC(Sc1nnnn1Cc1ccco1)C(N)=O. The van der Waals surface area contributed by atoms with Crippen LogP contribution in [0.15, 0.2) is 28.0 Å². The fraction of sp³-hybridized carbons (Fsp3) is 0.333. The Morgan fingerprint density at radius 2 is 2.53 bits per heavy atom. The van der Waals surface area contributed by atoms with Crippen molar-refractivity contribution < 1.29 is 9.21 Å². The molecule has 0 radical (unpaired) electrons. The number of aromatic nitrogens is 4. The Kier molecular flexibility index (Phi) is 3.43. The number of furan rings is 1. The van der Waals surface area contributed by atoms with E-state index >= 15 is 0 Å². The van der Waals surface area contributed by atoms with Gasteiger partial charge in [-0.15, -0.1) is 5.10 Å². The van der Waals surface area contributed by atoms with Crippen molar-refractivity contribution in [2.45, 2.75) is 23.9 Å². The van der Waals surface area contributed by atoms with Gasteiger partial charge in [0.2, 0.25) is 11.1 Å². The highest BCUT2D eigenvalue weighted by atomic mass is 32.2. The van der Waals surface area contributed by atoms with Crippen LogP contribution >= 0.6 is 11.8 Å². The van der Waals surface area contributed by atoms with Gasteiger partial charge < -0.3 is 10.2 Å². The number of nitrogens with zero attached hydrogens (tertiary/aromatic N) is 4. The molecular formula is C9H11N5O2S. The van der Waals surface area contributed by atoms with Crippen molar-refractivity contribution in [2.75, 3.05) is 0 Å². The number of carbonyl (C=O) groups excluding carboxylic acids is 1. The lowest BCUT2D eigenvalue weighted by atomic mass is 10.4. The minimum atomic E-state index is -0.400. The second-order valence-electron chi connectivity index (χ2n) is 3.36. The summed E-state index contributed by atoms with van der Waals surface area (Å²) in [5.74, 6) is 0.341. The Labute approximate surface area is 101 Å². The largest absolute Gasteiger partial charge is 0.467 e. The van der Waals surface area contributed by atoms with E-state index in [0.29, 0.717) is 11.7 Å². The Bertz CT molecular complexity index is 495. The Morgan fingerprint density at radius 1 is 1.71 bits per heavy atom. The van der Waals surface area contributed by atoms with Crippen molar-refractivity contribution in [1.82, 2.24) is 20.2 Å². The summed E-state index contributed by atoms with van der Waals surface area (Å²) in [4.78, 5) is 11.0. The molecule has 1 amide bonds. The van der Waals surface area contributed by atoms with E-state index < -0.39 is 5.91 Å². The molecule has 2 aromatic rings. The van der Waals surface area contributed by atoms with Gasteiger partial charge in [0, 0.05) is 0 Å². The molecule has 2 heterocycles. The van der Waals surface area contributed by atoms with Gasteiger partial charge in [-0.3, -0.25) is 4.79 Å². The van der Waals surface area contributed by atoms with Crippen molar-refractivity contribution in [3.05, 3.63) is 24.2 Å². The number of thioether (sulfide) groups is 1. The molecule has 8 heteroatoms. The van der Waals surface area contributed by atoms with E-state index in [1.807, 2.05) is 6.07 Å². The third-order valence-corrected chi connectivity index (χ3v) is 3.16. The Balaban J connectivity index is 2.09. The molecule has 0 aliphatic carbocycles. The topological polar surface area (TPSA) is 99.8 Å². The zero-order chi connectivity index (χ0) is 12.3. The lowest BCUT2D eigenvalue weighted by molar-refractivity contribution is -0.117. The molecule has 1 unspecified atom stereocenters. The molecule has 90 valence electrons. The third kappa shape index (κ3) is 2.84. The standard InChI is InChI=1S/C9H11N5O2S/c1-6(8(10)15)17-9-11-12-13-14(9)5-7-3-2-4-16-7/h2-4,6H,5H2,1H3,(H2,10,15). The van der Waals surface area contributed by atoms with Crippen molar-refractivity contribution in [1.29, 1.82) is 0 Å². The molecule has 0 aliphatic heterocycles. The number of hydrogen-bond acceptors (Lipinski definition) is 6. The van der Waals surface area contributed by atoms with E-state index in [1.165, 1.54) is 11.8 Å². The number of hydrogen-bond donors (Lipinski definition) is 1. The van der Waals surface area contributed by atoms with Gasteiger partial charge in [0.05, 0.1) is 11.5 Å². The second-order valence-corrected chi connectivity index (χ2v) is 4.67. The first kappa shape index (κ1) is 11.6. The number of tetrazole rings is 1. The molecule has 0 aromatic carbocycles. The third-order valence-electron chi connectivity index (χ3n) is 2.07. The van der Waals surface area contributed by atoms with Crippen LogP contribution in [-0.4, -0.2) is 31.4 Å². The molecule has 2 rings (SSSR count). The van der Waals surface area contributed by atoms with E-state index in [1.54, 1.807) is 23.9 Å². The summed E-state index contributed by atoms with van der Waals surface area (Å²) in [5, 5.41) is 11.4. The van der Waals surface area contributed by atoms with Gasteiger partial charge in [0.1, 0.15) is 12.3 Å². The fourth-order valence-electron chi connectivity index (χ4n) is 1.15. The normalized spacial score (nSPS) is 12.5. The quantitative estimate of drug-likeness (QED) is 0.768. The molecular weight excluding hydrogens is 242 g/mol. The van der Waals surface area contributed by atoms with E-state index in [9.17, 15) is 4.79 Å². The molecule has 1 atom stereocenters. The van der Waals surface area contributed by atoms with Crippen LogP contribution in [0.2, 0.25) is 0 Å². The number of primary amides is 1. The lowest BCUT2D eigenvalue weighted by Gasteiger charge is -2.05. The van der Waals surface area contributed by atoms with Crippen molar-refractivity contribution in [3.63, 3.8) is 0 Å². The maximum Gasteiger partial charge on any atom is 0.230 e. The molecule has 7 nitrogen and oxygen atoms in total. The first-order valence-corrected chi connectivity index (χ1v) is 5.79. The smallest absolute Gasteiger partial charge is 0.230 e. The summed E-state index contributed by atoms with van der Waals surface area (Å²) in [6.45, 7) is 2.13. The zero-order valence-electron chi connectivity index (χ0n) is 9.11.